The molecule has 0 aliphatic carbocycles. The molecule has 14 heavy (non-hydrogen) atoms. The molecule has 0 fully saturated rings. The molecule has 0 rings (SSSR count). The third kappa shape index (κ3) is 5.92. The maximum Gasteiger partial charge on any atom is 0.106 e. The first-order chi connectivity index (χ1) is 6.06. The minimum Gasteiger partial charge on any atom is -0.396 e. The summed E-state index contributed by atoms with van der Waals surface area (Å²) in [6.07, 6.45) is 2.13. The molecule has 0 unspecified atom stereocenters. The van der Waals surface area contributed by atoms with Gasteiger partial charge in [-0.3, -0.25) is 0 Å². The Morgan fingerprint density at radius 3 is 1.64 bits per heavy atom. The first-order valence-corrected chi connectivity index (χ1v) is 4.99. The molecule has 0 heterocycles. The standard InChI is InChI=1S/C10H21O3.P/c1-9(2)10(13,5-3-7-11)6-4-8-12;/h9,11-12H,3-8H2,1-2H3;. The fourth-order valence-corrected chi connectivity index (χ4v) is 1.46. The third-order valence-corrected chi connectivity index (χ3v) is 2.57. The SMILES string of the molecule is CC(C)C([O])(CCCO)CCCO.[P]. The van der Waals surface area contributed by atoms with Gasteiger partial charge in [-0.05, 0) is 31.6 Å². The molecule has 0 saturated carbocycles. The van der Waals surface area contributed by atoms with Gasteiger partial charge in [-0.2, -0.15) is 0 Å². The van der Waals surface area contributed by atoms with Gasteiger partial charge in [0, 0.05) is 23.1 Å². The van der Waals surface area contributed by atoms with Crippen molar-refractivity contribution in [2.45, 2.75) is 45.1 Å². The van der Waals surface area contributed by atoms with E-state index in [1.54, 1.807) is 0 Å². The van der Waals surface area contributed by atoms with Crippen LogP contribution in [0.2, 0.25) is 0 Å². The highest BCUT2D eigenvalue weighted by Gasteiger charge is 2.31. The van der Waals surface area contributed by atoms with Crippen molar-refractivity contribution in [3.8, 4) is 0 Å². The first-order valence-electron chi connectivity index (χ1n) is 4.99. The first kappa shape index (κ1) is 16.7. The molecular formula is C10H21O3P. The monoisotopic (exact) mass is 220 g/mol. The Kier molecular flexibility index (Phi) is 10.3. The van der Waals surface area contributed by atoms with Gasteiger partial charge in [-0.15, -0.1) is 0 Å². The van der Waals surface area contributed by atoms with Gasteiger partial charge < -0.3 is 10.2 Å². The van der Waals surface area contributed by atoms with E-state index in [0.29, 0.717) is 25.7 Å². The van der Waals surface area contributed by atoms with Crippen LogP contribution in [-0.2, 0) is 5.11 Å². The lowest BCUT2D eigenvalue weighted by molar-refractivity contribution is -0.0865. The predicted molar refractivity (Wildman–Crippen MR) is 57.8 cm³/mol. The van der Waals surface area contributed by atoms with E-state index in [0.717, 1.165) is 0 Å². The molecule has 84 valence electrons. The Morgan fingerprint density at radius 2 is 1.43 bits per heavy atom. The molecule has 0 aromatic heterocycles. The lowest BCUT2D eigenvalue weighted by atomic mass is 9.82. The van der Waals surface area contributed by atoms with E-state index in [1.807, 2.05) is 13.8 Å². The van der Waals surface area contributed by atoms with Crippen molar-refractivity contribution >= 4 is 9.90 Å². The van der Waals surface area contributed by atoms with Crippen LogP contribution in [0.15, 0.2) is 0 Å². The second kappa shape index (κ2) is 8.60. The van der Waals surface area contributed by atoms with Gasteiger partial charge in [0.15, 0.2) is 0 Å². The van der Waals surface area contributed by atoms with Gasteiger partial charge >= 0.3 is 0 Å². The second-order valence-corrected chi connectivity index (χ2v) is 3.87. The quantitative estimate of drug-likeness (QED) is 0.646. The van der Waals surface area contributed by atoms with Crippen molar-refractivity contribution in [2.24, 2.45) is 5.92 Å². The van der Waals surface area contributed by atoms with Gasteiger partial charge in [-0.1, -0.05) is 13.8 Å². The molecule has 0 atom stereocenters. The Hall–Kier alpha value is 0.310. The normalized spacial score (nSPS) is 11.6. The minimum absolute atomic E-state index is 0. The maximum absolute atomic E-state index is 12.1. The minimum atomic E-state index is -0.967. The molecule has 0 spiro atoms. The highest BCUT2D eigenvalue weighted by atomic mass is 31.0. The predicted octanol–water partition coefficient (Wildman–Crippen LogP) is 2.22. The van der Waals surface area contributed by atoms with Gasteiger partial charge in [0.2, 0.25) is 0 Å². The zero-order chi connectivity index (χ0) is 10.3. The van der Waals surface area contributed by atoms with Crippen molar-refractivity contribution in [1.29, 1.82) is 0 Å². The van der Waals surface area contributed by atoms with Gasteiger partial charge in [0.25, 0.3) is 0 Å². The number of rotatable bonds is 7. The molecule has 3 nitrogen and oxygen atoms in total. The van der Waals surface area contributed by atoms with E-state index >= 15 is 0 Å². The lowest BCUT2D eigenvalue weighted by Crippen LogP contribution is -2.34. The van der Waals surface area contributed by atoms with Crippen LogP contribution in [0.25, 0.3) is 0 Å². The highest BCUT2D eigenvalue weighted by molar-refractivity contribution is 6.92. The summed E-state index contributed by atoms with van der Waals surface area (Å²) in [7, 11) is 0. The third-order valence-electron chi connectivity index (χ3n) is 2.57. The maximum atomic E-state index is 12.1. The molecule has 4 heteroatoms. The van der Waals surface area contributed by atoms with Crippen LogP contribution in [0.4, 0.5) is 0 Å². The van der Waals surface area contributed by atoms with E-state index in [4.69, 9.17) is 10.2 Å². The average Bonchev–Trinajstić information content (AvgIpc) is 2.11. The molecule has 4 radical (unpaired) electrons. The topological polar surface area (TPSA) is 60.4 Å². The number of aliphatic hydroxyl groups is 2. The molecule has 0 amide bonds. The van der Waals surface area contributed by atoms with Gasteiger partial charge in [0.05, 0.1) is 0 Å². The van der Waals surface area contributed by atoms with Crippen molar-refractivity contribution in [1.82, 2.24) is 0 Å². The Bertz CT molecular complexity index is 121. The smallest absolute Gasteiger partial charge is 0.106 e. The molecule has 0 aliphatic rings. The van der Waals surface area contributed by atoms with Crippen LogP contribution in [0.5, 0.6) is 0 Å². The molecule has 0 saturated heterocycles. The van der Waals surface area contributed by atoms with E-state index in [1.165, 1.54) is 0 Å². The molecule has 0 aromatic rings. The van der Waals surface area contributed by atoms with Crippen LogP contribution in [0.3, 0.4) is 0 Å². The van der Waals surface area contributed by atoms with Crippen LogP contribution < -0.4 is 0 Å². The van der Waals surface area contributed by atoms with E-state index < -0.39 is 5.60 Å². The molecular weight excluding hydrogens is 199 g/mol. The number of hydrogen-bond acceptors (Lipinski definition) is 2. The summed E-state index contributed by atoms with van der Waals surface area (Å²) >= 11 is 0. The van der Waals surface area contributed by atoms with Crippen LogP contribution in [0, 0.1) is 5.92 Å². The number of aliphatic hydroxyl groups excluding tert-OH is 2. The summed E-state index contributed by atoms with van der Waals surface area (Å²) in [5, 5.41) is 29.4. The Balaban J connectivity index is 0. The van der Waals surface area contributed by atoms with Crippen LogP contribution >= 0.6 is 9.90 Å². The summed E-state index contributed by atoms with van der Waals surface area (Å²) in [5.41, 5.74) is -0.967. The Morgan fingerprint density at radius 1 is 1.07 bits per heavy atom. The van der Waals surface area contributed by atoms with E-state index in [9.17, 15) is 5.11 Å². The molecule has 0 bridgehead atoms. The molecule has 0 aromatic carbocycles. The van der Waals surface area contributed by atoms with Crippen molar-refractivity contribution in [3.05, 3.63) is 0 Å². The summed E-state index contributed by atoms with van der Waals surface area (Å²) in [6.45, 7) is 3.97. The van der Waals surface area contributed by atoms with Gasteiger partial charge in [-0.25, -0.2) is 5.11 Å². The zero-order valence-corrected chi connectivity index (χ0v) is 9.96. The zero-order valence-electron chi connectivity index (χ0n) is 9.07. The van der Waals surface area contributed by atoms with Crippen molar-refractivity contribution in [3.63, 3.8) is 0 Å². The second-order valence-electron chi connectivity index (χ2n) is 3.87. The average molecular weight is 220 g/mol. The van der Waals surface area contributed by atoms with E-state index in [-0.39, 0.29) is 29.0 Å². The van der Waals surface area contributed by atoms with Crippen LogP contribution in [0.1, 0.15) is 39.5 Å². The summed E-state index contributed by atoms with van der Waals surface area (Å²) in [4.78, 5) is 0. The summed E-state index contributed by atoms with van der Waals surface area (Å²) in [5.74, 6) is 0.0607. The fraction of sp³-hybridized carbons (Fsp3) is 1.00. The largest absolute Gasteiger partial charge is 0.396 e. The van der Waals surface area contributed by atoms with Gasteiger partial charge in [0.1, 0.15) is 5.60 Å². The highest BCUT2D eigenvalue weighted by Crippen LogP contribution is 2.28. The number of hydrogen-bond donors (Lipinski definition) is 2. The van der Waals surface area contributed by atoms with Crippen molar-refractivity contribution < 1.29 is 15.3 Å². The summed E-state index contributed by atoms with van der Waals surface area (Å²) in [6, 6.07) is 0. The van der Waals surface area contributed by atoms with E-state index in [2.05, 4.69) is 0 Å². The fourth-order valence-electron chi connectivity index (χ4n) is 1.46. The Labute approximate surface area is 90.2 Å². The summed E-state index contributed by atoms with van der Waals surface area (Å²) < 4.78 is 0. The molecule has 2 N–H and O–H groups in total. The van der Waals surface area contributed by atoms with Crippen molar-refractivity contribution in [2.75, 3.05) is 13.2 Å². The lowest BCUT2D eigenvalue weighted by Gasteiger charge is -2.29. The van der Waals surface area contributed by atoms with Crippen LogP contribution in [-0.4, -0.2) is 29.0 Å². The molecule has 0 aliphatic heterocycles.